The van der Waals surface area contributed by atoms with Crippen molar-refractivity contribution in [3.63, 3.8) is 0 Å². The van der Waals surface area contributed by atoms with Crippen molar-refractivity contribution in [1.82, 2.24) is 10.2 Å². The highest BCUT2D eigenvalue weighted by Gasteiger charge is 2.29. The SMILES string of the molecule is Cc1cc(C)cc(C(=O)N2CCCC(C(=O)NCC(O)COc3cccc(Cl)c3Cl)C2)c1. The van der Waals surface area contributed by atoms with Crippen molar-refractivity contribution in [1.29, 1.82) is 0 Å². The van der Waals surface area contributed by atoms with Crippen LogP contribution < -0.4 is 10.1 Å². The number of likely N-dealkylation sites (tertiary alicyclic amines) is 1. The molecule has 0 radical (unpaired) electrons. The summed E-state index contributed by atoms with van der Waals surface area (Å²) >= 11 is 12.0. The summed E-state index contributed by atoms with van der Waals surface area (Å²) in [5.41, 5.74) is 2.72. The highest BCUT2D eigenvalue weighted by Crippen LogP contribution is 2.31. The molecule has 0 aromatic heterocycles. The van der Waals surface area contributed by atoms with E-state index in [9.17, 15) is 14.7 Å². The van der Waals surface area contributed by atoms with Gasteiger partial charge in [-0.3, -0.25) is 9.59 Å². The summed E-state index contributed by atoms with van der Waals surface area (Å²) in [5.74, 6) is -0.171. The van der Waals surface area contributed by atoms with Gasteiger partial charge in [-0.25, -0.2) is 0 Å². The van der Waals surface area contributed by atoms with Gasteiger partial charge >= 0.3 is 0 Å². The second-order valence-corrected chi connectivity index (χ2v) is 9.01. The third kappa shape index (κ3) is 6.37. The molecule has 1 aliphatic rings. The summed E-state index contributed by atoms with van der Waals surface area (Å²) in [6.45, 7) is 4.92. The number of ether oxygens (including phenoxy) is 1. The van der Waals surface area contributed by atoms with Gasteiger partial charge in [-0.15, -0.1) is 0 Å². The van der Waals surface area contributed by atoms with Gasteiger partial charge in [0.2, 0.25) is 5.91 Å². The van der Waals surface area contributed by atoms with Gasteiger partial charge in [-0.1, -0.05) is 46.5 Å². The Morgan fingerprint density at radius 1 is 1.22 bits per heavy atom. The van der Waals surface area contributed by atoms with Crippen LogP contribution in [0.1, 0.15) is 34.3 Å². The Bertz CT molecular complexity index is 962. The second kappa shape index (κ2) is 11.0. The summed E-state index contributed by atoms with van der Waals surface area (Å²) in [6.07, 6.45) is 0.548. The summed E-state index contributed by atoms with van der Waals surface area (Å²) < 4.78 is 5.50. The zero-order valence-corrected chi connectivity index (χ0v) is 19.7. The topological polar surface area (TPSA) is 78.9 Å². The minimum absolute atomic E-state index is 0.0394. The predicted octanol–water partition coefficient (Wildman–Crippen LogP) is 4.02. The van der Waals surface area contributed by atoms with Crippen LogP contribution in [0.5, 0.6) is 5.75 Å². The third-order valence-corrected chi connectivity index (χ3v) is 6.21. The van der Waals surface area contributed by atoms with Gasteiger partial charge in [0.25, 0.3) is 5.91 Å². The Kier molecular flexibility index (Phi) is 8.40. The maximum absolute atomic E-state index is 12.9. The van der Waals surface area contributed by atoms with E-state index in [1.54, 1.807) is 23.1 Å². The van der Waals surface area contributed by atoms with Gasteiger partial charge in [-0.2, -0.15) is 0 Å². The fraction of sp³-hybridized carbons (Fsp3) is 0.417. The molecule has 1 heterocycles. The molecule has 2 unspecified atom stereocenters. The van der Waals surface area contributed by atoms with Crippen LogP contribution in [0.25, 0.3) is 0 Å². The van der Waals surface area contributed by atoms with Crippen molar-refractivity contribution < 1.29 is 19.4 Å². The third-order valence-electron chi connectivity index (χ3n) is 5.41. The van der Waals surface area contributed by atoms with Crippen molar-refractivity contribution in [2.24, 2.45) is 5.92 Å². The smallest absolute Gasteiger partial charge is 0.253 e. The van der Waals surface area contributed by atoms with Crippen LogP contribution in [0.4, 0.5) is 0 Å². The van der Waals surface area contributed by atoms with Gasteiger partial charge in [0, 0.05) is 25.2 Å². The molecule has 1 fully saturated rings. The number of carbonyl (C=O) groups is 2. The zero-order valence-electron chi connectivity index (χ0n) is 18.2. The molecule has 8 heteroatoms. The molecule has 2 amide bonds. The van der Waals surface area contributed by atoms with E-state index in [1.165, 1.54) is 0 Å². The van der Waals surface area contributed by atoms with Crippen LogP contribution >= 0.6 is 23.2 Å². The molecule has 0 bridgehead atoms. The molecule has 32 heavy (non-hydrogen) atoms. The number of hydrogen-bond donors (Lipinski definition) is 2. The minimum atomic E-state index is -0.911. The minimum Gasteiger partial charge on any atom is -0.489 e. The number of aliphatic hydroxyl groups excluding tert-OH is 1. The standard InChI is InChI=1S/C24H28Cl2N2O4/c1-15-9-16(2)11-18(10-15)24(31)28-8-4-5-17(13-28)23(30)27-12-19(29)14-32-21-7-3-6-20(25)22(21)26/h3,6-7,9-11,17,19,29H,4-5,8,12-14H2,1-2H3,(H,27,30). The highest BCUT2D eigenvalue weighted by atomic mass is 35.5. The lowest BCUT2D eigenvalue weighted by molar-refractivity contribution is -0.126. The maximum Gasteiger partial charge on any atom is 0.253 e. The van der Waals surface area contributed by atoms with Crippen molar-refractivity contribution in [2.75, 3.05) is 26.2 Å². The first kappa shape index (κ1) is 24.4. The molecule has 0 aliphatic carbocycles. The lowest BCUT2D eigenvalue weighted by Crippen LogP contribution is -2.47. The van der Waals surface area contributed by atoms with E-state index in [2.05, 4.69) is 5.32 Å². The van der Waals surface area contributed by atoms with Gasteiger partial charge in [-0.05, 0) is 51.0 Å². The van der Waals surface area contributed by atoms with Crippen molar-refractivity contribution in [3.05, 3.63) is 63.1 Å². The number of rotatable bonds is 7. The molecule has 0 spiro atoms. The number of amides is 2. The molecular formula is C24H28Cl2N2O4. The van der Waals surface area contributed by atoms with Gasteiger partial charge in [0.15, 0.2) is 0 Å². The average molecular weight is 479 g/mol. The predicted molar refractivity (Wildman–Crippen MR) is 126 cm³/mol. The number of nitrogens with one attached hydrogen (secondary N) is 1. The van der Waals surface area contributed by atoms with Crippen molar-refractivity contribution in [2.45, 2.75) is 32.8 Å². The lowest BCUT2D eigenvalue weighted by Gasteiger charge is -2.32. The number of piperidine rings is 1. The van der Waals surface area contributed by atoms with Gasteiger partial charge in [0.1, 0.15) is 23.5 Å². The number of nitrogens with zero attached hydrogens (tertiary/aromatic N) is 1. The quantitative estimate of drug-likeness (QED) is 0.629. The van der Waals surface area contributed by atoms with E-state index in [0.29, 0.717) is 35.8 Å². The average Bonchev–Trinajstić information content (AvgIpc) is 2.77. The first-order valence-corrected chi connectivity index (χ1v) is 11.4. The summed E-state index contributed by atoms with van der Waals surface area (Å²) in [4.78, 5) is 27.3. The Balaban J connectivity index is 1.49. The summed E-state index contributed by atoms with van der Waals surface area (Å²) in [6, 6.07) is 10.8. The largest absolute Gasteiger partial charge is 0.489 e. The number of hydrogen-bond acceptors (Lipinski definition) is 4. The fourth-order valence-electron chi connectivity index (χ4n) is 3.86. The van der Waals surface area contributed by atoms with Gasteiger partial charge < -0.3 is 20.1 Å². The van der Waals surface area contributed by atoms with E-state index < -0.39 is 6.10 Å². The molecule has 0 saturated carbocycles. The van der Waals surface area contributed by atoms with E-state index >= 15 is 0 Å². The zero-order chi connectivity index (χ0) is 23.3. The molecule has 3 rings (SSSR count). The molecule has 6 nitrogen and oxygen atoms in total. The van der Waals surface area contributed by atoms with Gasteiger partial charge in [0.05, 0.1) is 10.9 Å². The Hall–Kier alpha value is -2.28. The summed E-state index contributed by atoms with van der Waals surface area (Å²) in [5, 5.41) is 13.6. The van der Waals surface area contributed by atoms with Crippen molar-refractivity contribution >= 4 is 35.0 Å². The Labute approximate surface area is 198 Å². The molecule has 2 aromatic rings. The van der Waals surface area contributed by atoms with Crippen LogP contribution in [0.15, 0.2) is 36.4 Å². The summed E-state index contributed by atoms with van der Waals surface area (Å²) in [7, 11) is 0. The first-order chi connectivity index (χ1) is 15.2. The van der Waals surface area contributed by atoms with E-state index in [4.69, 9.17) is 27.9 Å². The van der Waals surface area contributed by atoms with E-state index in [0.717, 1.165) is 17.5 Å². The van der Waals surface area contributed by atoms with E-state index in [1.807, 2.05) is 32.0 Å². The molecule has 2 aromatic carbocycles. The number of carbonyl (C=O) groups excluding carboxylic acids is 2. The number of aliphatic hydroxyl groups is 1. The lowest BCUT2D eigenvalue weighted by atomic mass is 9.96. The fourth-order valence-corrected chi connectivity index (χ4v) is 4.21. The Morgan fingerprint density at radius 2 is 1.94 bits per heavy atom. The van der Waals surface area contributed by atoms with E-state index in [-0.39, 0.29) is 35.9 Å². The van der Waals surface area contributed by atoms with Crippen molar-refractivity contribution in [3.8, 4) is 5.75 Å². The second-order valence-electron chi connectivity index (χ2n) is 8.23. The molecular weight excluding hydrogens is 451 g/mol. The molecule has 1 saturated heterocycles. The van der Waals surface area contributed by atoms with Crippen LogP contribution in [0.2, 0.25) is 10.0 Å². The van der Waals surface area contributed by atoms with Crippen LogP contribution in [-0.2, 0) is 4.79 Å². The monoisotopic (exact) mass is 478 g/mol. The molecule has 1 aliphatic heterocycles. The normalized spacial score (nSPS) is 17.0. The molecule has 172 valence electrons. The maximum atomic E-state index is 12.9. The van der Waals surface area contributed by atoms with Crippen LogP contribution in [-0.4, -0.2) is 54.2 Å². The Morgan fingerprint density at radius 3 is 2.66 bits per heavy atom. The van der Waals surface area contributed by atoms with Crippen LogP contribution in [0, 0.1) is 19.8 Å². The molecule has 2 atom stereocenters. The first-order valence-electron chi connectivity index (χ1n) is 10.6. The number of aryl methyl sites for hydroxylation is 2. The van der Waals surface area contributed by atoms with Crippen LogP contribution in [0.3, 0.4) is 0 Å². The number of benzene rings is 2. The molecule has 2 N–H and O–H groups in total. The highest BCUT2D eigenvalue weighted by molar-refractivity contribution is 6.42. The number of halogens is 2.